The number of nitrogens with zero attached hydrogens (tertiary/aromatic N) is 2. The summed E-state index contributed by atoms with van der Waals surface area (Å²) in [6.45, 7) is 3.65. The number of halogens is 1. The van der Waals surface area contributed by atoms with Gasteiger partial charge in [-0.1, -0.05) is 30.3 Å². The molecule has 1 heterocycles. The first-order chi connectivity index (χ1) is 15.8. The van der Waals surface area contributed by atoms with E-state index in [1.807, 2.05) is 37.3 Å². The van der Waals surface area contributed by atoms with Crippen molar-refractivity contribution in [1.29, 1.82) is 0 Å². The molecule has 0 fully saturated rings. The molecule has 0 aliphatic heterocycles. The van der Waals surface area contributed by atoms with E-state index in [-0.39, 0.29) is 16.1 Å². The number of rotatable bonds is 6. The van der Waals surface area contributed by atoms with Crippen LogP contribution in [0.3, 0.4) is 0 Å². The topological polar surface area (TPSA) is 93.1 Å². The molecule has 0 unspecified atom stereocenters. The van der Waals surface area contributed by atoms with E-state index in [4.69, 9.17) is 0 Å². The van der Waals surface area contributed by atoms with Crippen molar-refractivity contribution in [2.75, 3.05) is 10.0 Å². The van der Waals surface area contributed by atoms with Crippen molar-refractivity contribution < 1.29 is 17.6 Å². The minimum Gasteiger partial charge on any atom is -0.319 e. The number of aryl methyl sites for hydroxylation is 1. The van der Waals surface area contributed by atoms with E-state index < -0.39 is 21.7 Å². The molecule has 0 aliphatic carbocycles. The number of aromatic nitrogens is 2. The summed E-state index contributed by atoms with van der Waals surface area (Å²) in [5.41, 5.74) is 2.99. The lowest BCUT2D eigenvalue weighted by molar-refractivity contribution is 0.102. The number of amides is 1. The molecule has 1 aromatic heterocycles. The number of hydrogen-bond acceptors (Lipinski definition) is 4. The zero-order valence-corrected chi connectivity index (χ0v) is 18.7. The normalized spacial score (nSPS) is 11.2. The van der Waals surface area contributed by atoms with E-state index in [2.05, 4.69) is 15.1 Å². The van der Waals surface area contributed by atoms with E-state index in [1.54, 1.807) is 11.6 Å². The summed E-state index contributed by atoms with van der Waals surface area (Å²) < 4.78 is 42.9. The zero-order valence-electron chi connectivity index (χ0n) is 17.9. The van der Waals surface area contributed by atoms with Crippen LogP contribution >= 0.6 is 0 Å². The molecule has 168 valence electrons. The molecule has 33 heavy (non-hydrogen) atoms. The van der Waals surface area contributed by atoms with E-state index in [1.165, 1.54) is 42.5 Å². The van der Waals surface area contributed by atoms with Gasteiger partial charge in [-0.25, -0.2) is 17.5 Å². The molecule has 3 aromatic carbocycles. The second kappa shape index (κ2) is 8.87. The van der Waals surface area contributed by atoms with Crippen molar-refractivity contribution in [3.8, 4) is 5.69 Å². The molecule has 2 N–H and O–H groups in total. The fourth-order valence-corrected chi connectivity index (χ4v) is 4.43. The predicted octanol–water partition coefficient (Wildman–Crippen LogP) is 4.68. The predicted molar refractivity (Wildman–Crippen MR) is 125 cm³/mol. The van der Waals surface area contributed by atoms with Crippen molar-refractivity contribution in [3.63, 3.8) is 0 Å². The Labute approximate surface area is 190 Å². The molecule has 4 aromatic rings. The first-order valence-electron chi connectivity index (χ1n) is 10.1. The highest BCUT2D eigenvalue weighted by Crippen LogP contribution is 2.24. The Hall–Kier alpha value is -3.98. The minimum absolute atomic E-state index is 0.0911. The number of anilines is 2. The lowest BCUT2D eigenvalue weighted by atomic mass is 10.2. The monoisotopic (exact) mass is 464 g/mol. The number of carbonyl (C=O) groups is 1. The zero-order chi connectivity index (χ0) is 23.6. The maximum absolute atomic E-state index is 13.8. The maximum atomic E-state index is 13.8. The lowest BCUT2D eigenvalue weighted by Crippen LogP contribution is -2.16. The van der Waals surface area contributed by atoms with Crippen LogP contribution in [0.5, 0.6) is 0 Å². The van der Waals surface area contributed by atoms with E-state index >= 15 is 0 Å². The summed E-state index contributed by atoms with van der Waals surface area (Å²) in [6, 6.07) is 20.4. The van der Waals surface area contributed by atoms with Crippen LogP contribution in [-0.2, 0) is 10.0 Å². The maximum Gasteiger partial charge on any atom is 0.261 e. The van der Waals surface area contributed by atoms with Crippen LogP contribution in [0, 0.1) is 19.7 Å². The third-order valence-corrected chi connectivity index (χ3v) is 6.46. The van der Waals surface area contributed by atoms with Gasteiger partial charge in [0.15, 0.2) is 0 Å². The van der Waals surface area contributed by atoms with Crippen LogP contribution in [0.15, 0.2) is 83.8 Å². The van der Waals surface area contributed by atoms with Gasteiger partial charge in [0.2, 0.25) is 0 Å². The van der Waals surface area contributed by atoms with Gasteiger partial charge < -0.3 is 5.32 Å². The van der Waals surface area contributed by atoms with Gasteiger partial charge >= 0.3 is 0 Å². The van der Waals surface area contributed by atoms with Crippen molar-refractivity contribution in [3.05, 3.63) is 102 Å². The van der Waals surface area contributed by atoms with Gasteiger partial charge in [0, 0.05) is 5.56 Å². The minimum atomic E-state index is -4.01. The second-order valence-corrected chi connectivity index (χ2v) is 9.04. The fourth-order valence-electron chi connectivity index (χ4n) is 3.36. The van der Waals surface area contributed by atoms with Crippen LogP contribution in [0.25, 0.3) is 5.69 Å². The largest absolute Gasteiger partial charge is 0.319 e. The van der Waals surface area contributed by atoms with E-state index in [9.17, 15) is 17.6 Å². The summed E-state index contributed by atoms with van der Waals surface area (Å²) >= 11 is 0. The van der Waals surface area contributed by atoms with Gasteiger partial charge in [-0.3, -0.25) is 9.52 Å². The Balaban J connectivity index is 1.53. The number of carbonyl (C=O) groups excluding carboxylic acids is 1. The highest BCUT2D eigenvalue weighted by atomic mass is 32.2. The van der Waals surface area contributed by atoms with E-state index in [0.717, 1.165) is 17.4 Å². The lowest BCUT2D eigenvalue weighted by Gasteiger charge is -2.10. The molecule has 0 saturated heterocycles. The van der Waals surface area contributed by atoms with Crippen LogP contribution < -0.4 is 10.0 Å². The Kier molecular flexibility index (Phi) is 5.97. The van der Waals surface area contributed by atoms with Crippen LogP contribution in [0.2, 0.25) is 0 Å². The Bertz CT molecular complexity index is 1420. The summed E-state index contributed by atoms with van der Waals surface area (Å²) in [7, 11) is -4.01. The first kappa shape index (κ1) is 22.2. The molecule has 0 atom stereocenters. The van der Waals surface area contributed by atoms with Crippen LogP contribution in [-0.4, -0.2) is 24.1 Å². The van der Waals surface area contributed by atoms with Crippen molar-refractivity contribution in [2.45, 2.75) is 18.7 Å². The third-order valence-electron chi connectivity index (χ3n) is 5.08. The molecule has 1 amide bonds. The standard InChI is InChI=1S/C24H21FN4O3S/c1-16-23(17(2)29(27-16)19-8-4-3-5-9-19)26-24(30)18-12-14-20(15-13-18)33(31,32)28-22-11-7-6-10-21(22)25/h3-15,28H,1-2H3,(H,26,30). The molecule has 4 rings (SSSR count). The van der Waals surface area contributed by atoms with Crippen molar-refractivity contribution in [2.24, 2.45) is 0 Å². The number of hydrogen-bond donors (Lipinski definition) is 2. The third kappa shape index (κ3) is 4.63. The SMILES string of the molecule is Cc1nn(-c2ccccc2)c(C)c1NC(=O)c1ccc(S(=O)(=O)Nc2ccccc2F)cc1. The molecule has 0 saturated carbocycles. The van der Waals surface area contributed by atoms with E-state index in [0.29, 0.717) is 11.4 Å². The van der Waals surface area contributed by atoms with Crippen molar-refractivity contribution >= 4 is 27.3 Å². The van der Waals surface area contributed by atoms with Gasteiger partial charge in [-0.15, -0.1) is 0 Å². The van der Waals surface area contributed by atoms with Gasteiger partial charge in [-0.2, -0.15) is 5.10 Å². The molecule has 0 aliphatic rings. The number of para-hydroxylation sites is 2. The molecular weight excluding hydrogens is 443 g/mol. The quantitative estimate of drug-likeness (QED) is 0.433. The molecule has 7 nitrogen and oxygen atoms in total. The highest BCUT2D eigenvalue weighted by molar-refractivity contribution is 7.92. The van der Waals surface area contributed by atoms with Crippen LogP contribution in [0.4, 0.5) is 15.8 Å². The van der Waals surface area contributed by atoms with Crippen LogP contribution in [0.1, 0.15) is 21.7 Å². The van der Waals surface area contributed by atoms with Crippen molar-refractivity contribution in [1.82, 2.24) is 9.78 Å². The molecule has 0 spiro atoms. The van der Waals surface area contributed by atoms with Gasteiger partial charge in [0.25, 0.3) is 15.9 Å². The first-order valence-corrected chi connectivity index (χ1v) is 11.5. The number of nitrogens with one attached hydrogen (secondary N) is 2. The second-order valence-electron chi connectivity index (χ2n) is 7.36. The van der Waals surface area contributed by atoms with Gasteiger partial charge in [0.05, 0.1) is 33.3 Å². The Morgan fingerprint density at radius 2 is 1.55 bits per heavy atom. The summed E-state index contributed by atoms with van der Waals surface area (Å²) in [5, 5.41) is 7.36. The summed E-state index contributed by atoms with van der Waals surface area (Å²) in [4.78, 5) is 12.7. The average Bonchev–Trinajstić information content (AvgIpc) is 3.09. The number of benzene rings is 3. The Morgan fingerprint density at radius 1 is 0.909 bits per heavy atom. The molecule has 9 heteroatoms. The highest BCUT2D eigenvalue weighted by Gasteiger charge is 2.19. The molecule has 0 radical (unpaired) electrons. The Morgan fingerprint density at radius 3 is 2.21 bits per heavy atom. The fraction of sp³-hybridized carbons (Fsp3) is 0.0833. The average molecular weight is 465 g/mol. The smallest absolute Gasteiger partial charge is 0.261 e. The number of sulfonamides is 1. The summed E-state index contributed by atoms with van der Waals surface area (Å²) in [6.07, 6.45) is 0. The molecule has 0 bridgehead atoms. The summed E-state index contributed by atoms with van der Waals surface area (Å²) in [5.74, 6) is -1.08. The van der Waals surface area contributed by atoms with Gasteiger partial charge in [-0.05, 0) is 62.4 Å². The molecular formula is C24H21FN4O3S. The van der Waals surface area contributed by atoms with Gasteiger partial charge in [0.1, 0.15) is 5.82 Å².